The second-order valence-corrected chi connectivity index (χ2v) is 6.24. The highest BCUT2D eigenvalue weighted by Gasteiger charge is 2.24. The molecule has 2 aromatic carbocycles. The first-order chi connectivity index (χ1) is 11.0. The maximum absolute atomic E-state index is 12.3. The van der Waals surface area contributed by atoms with Crippen LogP contribution in [0.1, 0.15) is 35.3 Å². The molecule has 2 aromatic rings. The second kappa shape index (κ2) is 8.04. The Morgan fingerprint density at radius 2 is 1.70 bits per heavy atom. The zero-order valence-electron chi connectivity index (χ0n) is 12.7. The zero-order valence-corrected chi connectivity index (χ0v) is 14.3. The molecular weight excluding hydrogens is 358 g/mol. The maximum Gasteiger partial charge on any atom is 0.321 e. The first kappa shape index (κ1) is 17.4. The predicted octanol–water partition coefficient (Wildman–Crippen LogP) is 3.83. The second-order valence-electron chi connectivity index (χ2n) is 5.32. The van der Waals surface area contributed by atoms with Crippen molar-refractivity contribution in [2.45, 2.75) is 25.4 Å². The predicted molar refractivity (Wildman–Crippen MR) is 92.5 cm³/mol. The lowest BCUT2D eigenvalue weighted by molar-refractivity contribution is -0.139. The normalized spacial score (nSPS) is 13.3. The zero-order chi connectivity index (χ0) is 16.8. The highest BCUT2D eigenvalue weighted by atomic mass is 79.9. The molecule has 0 aliphatic heterocycles. The molecule has 0 unspecified atom stereocenters. The van der Waals surface area contributed by atoms with Gasteiger partial charge in [0.1, 0.15) is 6.04 Å². The van der Waals surface area contributed by atoms with Crippen LogP contribution in [0.2, 0.25) is 0 Å². The van der Waals surface area contributed by atoms with Gasteiger partial charge >= 0.3 is 5.97 Å². The third-order valence-corrected chi connectivity index (χ3v) is 4.13. The van der Waals surface area contributed by atoms with Gasteiger partial charge in [-0.3, -0.25) is 14.9 Å². The van der Waals surface area contributed by atoms with E-state index >= 15 is 0 Å². The Bertz CT molecular complexity index is 670. The number of carboxylic acid groups (broad SMARTS) is 1. The molecule has 0 aliphatic rings. The molecule has 4 nitrogen and oxygen atoms in total. The summed E-state index contributed by atoms with van der Waals surface area (Å²) in [5, 5.41) is 12.4. The van der Waals surface area contributed by atoms with Crippen molar-refractivity contribution in [3.63, 3.8) is 0 Å². The van der Waals surface area contributed by atoms with Crippen molar-refractivity contribution in [2.75, 3.05) is 0 Å². The Hall–Kier alpha value is -1.98. The summed E-state index contributed by atoms with van der Waals surface area (Å²) in [6.45, 7) is 1.88. The molecule has 0 fully saturated rings. The molecule has 2 rings (SSSR count). The van der Waals surface area contributed by atoms with Crippen LogP contribution < -0.4 is 5.32 Å². The quantitative estimate of drug-likeness (QED) is 0.721. The Morgan fingerprint density at radius 3 is 2.26 bits per heavy atom. The highest BCUT2D eigenvalue weighted by Crippen LogP contribution is 2.16. The minimum absolute atomic E-state index is 0.0891. The Kier molecular flexibility index (Phi) is 6.07. The molecule has 0 spiro atoms. The molecule has 2 N–H and O–H groups in total. The van der Waals surface area contributed by atoms with Gasteiger partial charge in [-0.1, -0.05) is 58.4 Å². The number of benzene rings is 2. The lowest BCUT2D eigenvalue weighted by Crippen LogP contribution is -2.40. The van der Waals surface area contributed by atoms with Crippen molar-refractivity contribution >= 4 is 27.7 Å². The number of carbonyl (C=O) groups is 2. The number of halogens is 1. The van der Waals surface area contributed by atoms with Crippen molar-refractivity contribution in [1.82, 2.24) is 5.32 Å². The monoisotopic (exact) mass is 375 g/mol. The summed E-state index contributed by atoms with van der Waals surface area (Å²) < 4.78 is 0.875. The number of hydrogen-bond acceptors (Lipinski definition) is 3. The fourth-order valence-corrected chi connectivity index (χ4v) is 2.56. The number of rotatable bonds is 7. The highest BCUT2D eigenvalue weighted by molar-refractivity contribution is 9.10. The Morgan fingerprint density at radius 1 is 1.09 bits per heavy atom. The van der Waals surface area contributed by atoms with E-state index in [1.165, 1.54) is 0 Å². The van der Waals surface area contributed by atoms with Gasteiger partial charge in [0.25, 0.3) is 0 Å². The molecule has 120 valence electrons. The van der Waals surface area contributed by atoms with Crippen LogP contribution in [0.4, 0.5) is 0 Å². The van der Waals surface area contributed by atoms with E-state index < -0.39 is 12.0 Å². The average Bonchev–Trinajstić information content (AvgIpc) is 2.55. The summed E-state index contributed by atoms with van der Waals surface area (Å²) in [5.74, 6) is -1.23. The molecule has 0 saturated carbocycles. The number of Topliss-reactive ketones (excluding diaryl/α,β-unsaturated/α-hetero) is 1. The molecule has 0 bridgehead atoms. The molecule has 0 aromatic heterocycles. The van der Waals surface area contributed by atoms with Gasteiger partial charge in [0.05, 0.1) is 0 Å². The number of hydrogen-bond donors (Lipinski definition) is 2. The first-order valence-electron chi connectivity index (χ1n) is 7.30. The lowest BCUT2D eigenvalue weighted by Gasteiger charge is -2.20. The molecule has 0 radical (unpaired) electrons. The Labute approximate surface area is 143 Å². The van der Waals surface area contributed by atoms with Crippen LogP contribution in [0.3, 0.4) is 0 Å². The summed E-state index contributed by atoms with van der Waals surface area (Å²) in [7, 11) is 0. The molecule has 5 heteroatoms. The van der Waals surface area contributed by atoms with E-state index in [0.717, 1.165) is 10.0 Å². The number of ketones is 1. The van der Waals surface area contributed by atoms with Crippen LogP contribution in [-0.2, 0) is 4.79 Å². The minimum Gasteiger partial charge on any atom is -0.480 e. The summed E-state index contributed by atoms with van der Waals surface area (Å²) >= 11 is 3.31. The van der Waals surface area contributed by atoms with E-state index in [2.05, 4.69) is 21.2 Å². The first-order valence-corrected chi connectivity index (χ1v) is 8.09. The Balaban J connectivity index is 2.05. The van der Waals surface area contributed by atoms with Gasteiger partial charge in [0.2, 0.25) is 0 Å². The fourth-order valence-electron chi connectivity index (χ4n) is 2.30. The maximum atomic E-state index is 12.3. The molecule has 23 heavy (non-hydrogen) atoms. The summed E-state index contributed by atoms with van der Waals surface area (Å²) in [5.41, 5.74) is 1.49. The number of carbonyl (C=O) groups excluding carboxylic acids is 1. The average molecular weight is 376 g/mol. The van der Waals surface area contributed by atoms with Crippen molar-refractivity contribution in [1.29, 1.82) is 0 Å². The van der Waals surface area contributed by atoms with E-state index in [1.54, 1.807) is 24.3 Å². The summed E-state index contributed by atoms with van der Waals surface area (Å²) in [4.78, 5) is 23.7. The third-order valence-electron chi connectivity index (χ3n) is 3.60. The van der Waals surface area contributed by atoms with Crippen molar-refractivity contribution < 1.29 is 14.7 Å². The fraction of sp³-hybridized carbons (Fsp3) is 0.222. The summed E-state index contributed by atoms with van der Waals surface area (Å²) in [6, 6.07) is 15.4. The van der Waals surface area contributed by atoms with E-state index in [4.69, 9.17) is 0 Å². The molecule has 0 saturated heterocycles. The molecular formula is C18H18BrNO3. The van der Waals surface area contributed by atoms with Crippen LogP contribution in [0.5, 0.6) is 0 Å². The van der Waals surface area contributed by atoms with Crippen molar-refractivity contribution in [3.8, 4) is 0 Å². The van der Waals surface area contributed by atoms with Gasteiger partial charge in [-0.25, -0.2) is 0 Å². The van der Waals surface area contributed by atoms with E-state index in [0.29, 0.717) is 5.56 Å². The van der Waals surface area contributed by atoms with Crippen molar-refractivity contribution in [3.05, 3.63) is 70.2 Å². The number of carboxylic acids is 1. The standard InChI is InChI=1S/C18H18BrNO3/c1-12(13-5-3-2-4-6-13)20-16(18(22)23)11-17(21)14-7-9-15(19)10-8-14/h2-10,12,16,20H,11H2,1H3,(H,22,23)/t12-,16-/m0/s1. The van der Waals surface area contributed by atoms with Crippen LogP contribution in [-0.4, -0.2) is 22.9 Å². The van der Waals surface area contributed by atoms with Gasteiger partial charge in [-0.2, -0.15) is 0 Å². The number of nitrogens with one attached hydrogen (secondary N) is 1. The minimum atomic E-state index is -1.03. The van der Waals surface area contributed by atoms with Gasteiger partial charge < -0.3 is 5.11 Å². The SMILES string of the molecule is C[C@H](N[C@@H](CC(=O)c1ccc(Br)cc1)C(=O)O)c1ccccc1. The van der Waals surface area contributed by atoms with Crippen LogP contribution >= 0.6 is 15.9 Å². The number of aliphatic carboxylic acids is 1. The molecule has 0 heterocycles. The smallest absolute Gasteiger partial charge is 0.321 e. The summed E-state index contributed by atoms with van der Waals surface area (Å²) in [6.07, 6.45) is -0.0891. The van der Waals surface area contributed by atoms with Gasteiger partial charge in [0, 0.05) is 22.5 Å². The molecule has 0 amide bonds. The van der Waals surface area contributed by atoms with Crippen molar-refractivity contribution in [2.24, 2.45) is 0 Å². The van der Waals surface area contributed by atoms with Gasteiger partial charge in [-0.05, 0) is 24.6 Å². The van der Waals surface area contributed by atoms with Crippen LogP contribution in [0.15, 0.2) is 59.1 Å². The topological polar surface area (TPSA) is 66.4 Å². The van der Waals surface area contributed by atoms with E-state index in [-0.39, 0.29) is 18.2 Å². The van der Waals surface area contributed by atoms with E-state index in [9.17, 15) is 14.7 Å². The lowest BCUT2D eigenvalue weighted by atomic mass is 10.0. The largest absolute Gasteiger partial charge is 0.480 e. The molecule has 0 aliphatic carbocycles. The third kappa shape index (κ3) is 5.01. The molecule has 2 atom stereocenters. The van der Waals surface area contributed by atoms with Gasteiger partial charge in [-0.15, -0.1) is 0 Å². The van der Waals surface area contributed by atoms with Gasteiger partial charge in [0.15, 0.2) is 5.78 Å². The van der Waals surface area contributed by atoms with Crippen LogP contribution in [0, 0.1) is 0 Å². The van der Waals surface area contributed by atoms with E-state index in [1.807, 2.05) is 37.3 Å². The van der Waals surface area contributed by atoms with Crippen LogP contribution in [0.25, 0.3) is 0 Å².